The molecule has 0 aromatic heterocycles. The van der Waals surface area contributed by atoms with Crippen LogP contribution in [-0.2, 0) is 4.79 Å². The van der Waals surface area contributed by atoms with Gasteiger partial charge in [-0.25, -0.2) is 0 Å². The van der Waals surface area contributed by atoms with E-state index in [1.165, 1.54) is 19.3 Å². The van der Waals surface area contributed by atoms with Crippen LogP contribution < -0.4 is 0 Å². The van der Waals surface area contributed by atoms with E-state index in [1.54, 1.807) is 0 Å². The van der Waals surface area contributed by atoms with E-state index in [4.69, 9.17) is 0 Å². The third kappa shape index (κ3) is 7.52. The molecule has 0 radical (unpaired) electrons. The first-order valence-electron chi connectivity index (χ1n) is 4.89. The Kier molecular flexibility index (Phi) is 8.09. The third-order valence-electron chi connectivity index (χ3n) is 2.16. The molecule has 0 spiro atoms. The summed E-state index contributed by atoms with van der Waals surface area (Å²) in [4.78, 5) is 9.94. The summed E-state index contributed by atoms with van der Waals surface area (Å²) in [5, 5.41) is 0. The van der Waals surface area contributed by atoms with Crippen molar-refractivity contribution in [1.29, 1.82) is 0 Å². The average Bonchev–Trinajstić information content (AvgIpc) is 2.10. The molecule has 0 aliphatic rings. The fourth-order valence-corrected chi connectivity index (χ4v) is 1.06. The number of carbonyl (C=O) groups excluding carboxylic acids is 1. The predicted octanol–water partition coefficient (Wildman–Crippen LogP) is 3.35. The smallest absolute Gasteiger partial charge is 0.123 e. The van der Waals surface area contributed by atoms with Gasteiger partial charge in [-0.2, -0.15) is 0 Å². The zero-order valence-electron chi connectivity index (χ0n) is 8.25. The normalized spacial score (nSPS) is 13.5. The lowest BCUT2D eigenvalue weighted by Gasteiger charge is -2.05. The second kappa shape index (κ2) is 8.51. The highest BCUT2D eigenvalue weighted by molar-refractivity contribution is 5.51. The molecule has 0 amide bonds. The summed E-state index contributed by atoms with van der Waals surface area (Å²) in [6, 6.07) is 0. The van der Waals surface area contributed by atoms with Gasteiger partial charge in [0.2, 0.25) is 0 Å². The van der Waals surface area contributed by atoms with Gasteiger partial charge in [0, 0.05) is 6.42 Å². The Hall–Kier alpha value is -0.590. The molecule has 0 saturated carbocycles. The molecule has 0 aliphatic carbocycles. The molecule has 0 bridgehead atoms. The lowest BCUT2D eigenvalue weighted by molar-refractivity contribution is -0.107. The first-order valence-corrected chi connectivity index (χ1v) is 4.89. The molecule has 12 heavy (non-hydrogen) atoms. The van der Waals surface area contributed by atoms with Crippen molar-refractivity contribution < 1.29 is 4.79 Å². The van der Waals surface area contributed by atoms with E-state index in [-0.39, 0.29) is 0 Å². The lowest BCUT2D eigenvalue weighted by Crippen LogP contribution is -1.90. The SMILES string of the molecule is CCC(C)CCC/C=C/CC=O. The first kappa shape index (κ1) is 11.4. The van der Waals surface area contributed by atoms with Crippen molar-refractivity contribution in [2.24, 2.45) is 5.92 Å². The fraction of sp³-hybridized carbons (Fsp3) is 0.727. The number of aldehydes is 1. The van der Waals surface area contributed by atoms with Crippen LogP contribution in [0.2, 0.25) is 0 Å². The summed E-state index contributed by atoms with van der Waals surface area (Å²) >= 11 is 0. The van der Waals surface area contributed by atoms with Crippen molar-refractivity contribution in [2.75, 3.05) is 0 Å². The fourth-order valence-electron chi connectivity index (χ4n) is 1.06. The molecule has 0 saturated heterocycles. The van der Waals surface area contributed by atoms with Crippen LogP contribution >= 0.6 is 0 Å². The molecule has 1 atom stereocenters. The van der Waals surface area contributed by atoms with E-state index in [0.29, 0.717) is 6.42 Å². The molecule has 1 heteroatoms. The van der Waals surface area contributed by atoms with E-state index in [9.17, 15) is 4.79 Å². The number of hydrogen-bond donors (Lipinski definition) is 0. The van der Waals surface area contributed by atoms with Gasteiger partial charge >= 0.3 is 0 Å². The highest BCUT2D eigenvalue weighted by atomic mass is 16.1. The second-order valence-electron chi connectivity index (χ2n) is 3.32. The van der Waals surface area contributed by atoms with Crippen LogP contribution in [0.25, 0.3) is 0 Å². The van der Waals surface area contributed by atoms with Crippen molar-refractivity contribution in [1.82, 2.24) is 0 Å². The molecule has 70 valence electrons. The van der Waals surface area contributed by atoms with E-state index in [2.05, 4.69) is 19.9 Å². The molecular weight excluding hydrogens is 148 g/mol. The molecule has 0 aliphatic heterocycles. The Labute approximate surface area is 75.9 Å². The van der Waals surface area contributed by atoms with Crippen molar-refractivity contribution in [3.63, 3.8) is 0 Å². The van der Waals surface area contributed by atoms with E-state index in [1.807, 2.05) is 6.08 Å². The summed E-state index contributed by atoms with van der Waals surface area (Å²) < 4.78 is 0. The van der Waals surface area contributed by atoms with Gasteiger partial charge in [0.1, 0.15) is 6.29 Å². The van der Waals surface area contributed by atoms with Crippen LogP contribution in [0.1, 0.15) is 46.0 Å². The summed E-state index contributed by atoms with van der Waals surface area (Å²) in [6.45, 7) is 4.52. The number of unbranched alkanes of at least 4 members (excludes halogenated alkanes) is 1. The standard InChI is InChI=1S/C11H20O/c1-3-11(2)9-7-5-4-6-8-10-12/h4,6,10-11H,3,5,7-9H2,1-2H3/b6-4+. The second-order valence-corrected chi connectivity index (χ2v) is 3.32. The van der Waals surface area contributed by atoms with Gasteiger partial charge in [0.05, 0.1) is 0 Å². The summed E-state index contributed by atoms with van der Waals surface area (Å²) in [7, 11) is 0. The zero-order valence-corrected chi connectivity index (χ0v) is 8.25. The predicted molar refractivity (Wildman–Crippen MR) is 53.1 cm³/mol. The number of rotatable bonds is 7. The summed E-state index contributed by atoms with van der Waals surface area (Å²) in [6.07, 6.45) is 10.5. The molecular formula is C11H20O. The Morgan fingerprint density at radius 3 is 2.67 bits per heavy atom. The minimum atomic E-state index is 0.573. The summed E-state index contributed by atoms with van der Waals surface area (Å²) in [5.41, 5.74) is 0. The number of hydrogen-bond acceptors (Lipinski definition) is 1. The van der Waals surface area contributed by atoms with E-state index < -0.39 is 0 Å². The molecule has 0 aromatic rings. The maximum absolute atomic E-state index is 9.94. The van der Waals surface area contributed by atoms with Crippen molar-refractivity contribution >= 4 is 6.29 Å². The third-order valence-corrected chi connectivity index (χ3v) is 2.16. The lowest BCUT2D eigenvalue weighted by atomic mass is 10.0. The van der Waals surface area contributed by atoms with Gasteiger partial charge in [0.25, 0.3) is 0 Å². The minimum Gasteiger partial charge on any atom is -0.303 e. The van der Waals surface area contributed by atoms with Crippen molar-refractivity contribution in [3.8, 4) is 0 Å². The quantitative estimate of drug-likeness (QED) is 0.324. The first-order chi connectivity index (χ1) is 5.81. The number of carbonyl (C=O) groups is 1. The molecule has 0 aromatic carbocycles. The average molecular weight is 168 g/mol. The van der Waals surface area contributed by atoms with Crippen LogP contribution in [0.4, 0.5) is 0 Å². The van der Waals surface area contributed by atoms with Gasteiger partial charge in [-0.15, -0.1) is 0 Å². The van der Waals surface area contributed by atoms with Crippen LogP contribution in [0.3, 0.4) is 0 Å². The van der Waals surface area contributed by atoms with Gasteiger partial charge in [-0.3, -0.25) is 0 Å². The van der Waals surface area contributed by atoms with Gasteiger partial charge in [0.15, 0.2) is 0 Å². The van der Waals surface area contributed by atoms with Crippen LogP contribution in [-0.4, -0.2) is 6.29 Å². The van der Waals surface area contributed by atoms with Gasteiger partial charge in [-0.1, -0.05) is 38.8 Å². The Balaban J connectivity index is 3.14. The maximum atomic E-state index is 9.94. The molecule has 1 unspecified atom stereocenters. The van der Waals surface area contributed by atoms with Gasteiger partial charge < -0.3 is 4.79 Å². The Morgan fingerprint density at radius 1 is 1.33 bits per heavy atom. The van der Waals surface area contributed by atoms with E-state index >= 15 is 0 Å². The van der Waals surface area contributed by atoms with Gasteiger partial charge in [-0.05, 0) is 18.8 Å². The highest BCUT2D eigenvalue weighted by Gasteiger charge is 1.95. The largest absolute Gasteiger partial charge is 0.303 e. The maximum Gasteiger partial charge on any atom is 0.123 e. The molecule has 0 heterocycles. The van der Waals surface area contributed by atoms with Crippen LogP contribution in [0.15, 0.2) is 12.2 Å². The zero-order chi connectivity index (χ0) is 9.23. The number of allylic oxidation sites excluding steroid dienone is 2. The molecule has 0 N–H and O–H groups in total. The summed E-state index contributed by atoms with van der Waals surface area (Å²) in [5.74, 6) is 0.851. The molecule has 0 fully saturated rings. The van der Waals surface area contributed by atoms with Crippen LogP contribution in [0, 0.1) is 5.92 Å². The molecule has 1 nitrogen and oxygen atoms in total. The Morgan fingerprint density at radius 2 is 2.08 bits per heavy atom. The molecule has 0 rings (SSSR count). The monoisotopic (exact) mass is 168 g/mol. The van der Waals surface area contributed by atoms with Crippen molar-refractivity contribution in [3.05, 3.63) is 12.2 Å². The van der Waals surface area contributed by atoms with E-state index in [0.717, 1.165) is 18.6 Å². The topological polar surface area (TPSA) is 17.1 Å². The Bertz CT molecular complexity index is 127. The van der Waals surface area contributed by atoms with Crippen molar-refractivity contribution in [2.45, 2.75) is 46.0 Å². The minimum absolute atomic E-state index is 0.573. The van der Waals surface area contributed by atoms with Crippen LogP contribution in [0.5, 0.6) is 0 Å². The highest BCUT2D eigenvalue weighted by Crippen LogP contribution is 2.10.